The van der Waals surface area contributed by atoms with Crippen molar-refractivity contribution < 1.29 is 45.3 Å². The van der Waals surface area contributed by atoms with Crippen molar-refractivity contribution in [3.8, 4) is 5.75 Å². The highest BCUT2D eigenvalue weighted by atomic mass is 19.3. The number of aliphatic hydroxyl groups is 1. The first kappa shape index (κ1) is 23.9. The van der Waals surface area contributed by atoms with E-state index in [2.05, 4.69) is 4.74 Å². The Balaban J connectivity index is 0.00000155. The smallest absolute Gasteiger partial charge is 0.429 e. The molecule has 0 spiro atoms. The van der Waals surface area contributed by atoms with Gasteiger partial charge >= 0.3 is 6.11 Å². The van der Waals surface area contributed by atoms with E-state index in [0.717, 1.165) is 0 Å². The molecule has 166 valence electrons. The van der Waals surface area contributed by atoms with E-state index >= 15 is 0 Å². The highest BCUT2D eigenvalue weighted by molar-refractivity contribution is 5.32. The highest BCUT2D eigenvalue weighted by Gasteiger charge is 2.42. The molecule has 30 heavy (non-hydrogen) atoms. The average Bonchev–Trinajstić information content (AvgIpc) is 2.66. The summed E-state index contributed by atoms with van der Waals surface area (Å²) in [6.07, 6.45) is -5.55. The number of ether oxygens (including phenoxy) is 2. The molecule has 0 saturated carbocycles. The molecule has 1 aliphatic heterocycles. The Morgan fingerprint density at radius 1 is 0.900 bits per heavy atom. The van der Waals surface area contributed by atoms with E-state index in [1.807, 2.05) is 13.8 Å². The fourth-order valence-corrected chi connectivity index (χ4v) is 2.90. The monoisotopic (exact) mass is 440 g/mol. The van der Waals surface area contributed by atoms with E-state index in [9.17, 15) is 35.8 Å². The summed E-state index contributed by atoms with van der Waals surface area (Å²) < 4.78 is 105. The Kier molecular flexibility index (Phi) is 7.70. The van der Waals surface area contributed by atoms with Crippen molar-refractivity contribution in [1.29, 1.82) is 0 Å². The normalized spacial score (nSPS) is 19.1. The van der Waals surface area contributed by atoms with Crippen LogP contribution in [0.4, 0.5) is 30.7 Å². The summed E-state index contributed by atoms with van der Waals surface area (Å²) in [5, 5.41) is 9.45. The van der Waals surface area contributed by atoms with Crippen LogP contribution in [0, 0.1) is 29.1 Å². The fraction of sp³-hybridized carbons (Fsp3) is 0.400. The molecule has 2 aromatic carbocycles. The molecule has 0 aliphatic carbocycles. The van der Waals surface area contributed by atoms with Gasteiger partial charge in [0.2, 0.25) is 0 Å². The van der Waals surface area contributed by atoms with Crippen molar-refractivity contribution in [1.82, 2.24) is 0 Å². The van der Waals surface area contributed by atoms with Crippen LogP contribution in [0.5, 0.6) is 5.75 Å². The third kappa shape index (κ3) is 5.23. The molecule has 3 rings (SSSR count). The first-order valence-electron chi connectivity index (χ1n) is 9.13. The molecular weight excluding hydrogens is 421 g/mol. The van der Waals surface area contributed by atoms with E-state index in [0.29, 0.717) is 31.4 Å². The van der Waals surface area contributed by atoms with E-state index in [1.165, 1.54) is 0 Å². The summed E-state index contributed by atoms with van der Waals surface area (Å²) >= 11 is 0. The lowest BCUT2D eigenvalue weighted by atomic mass is 9.98. The molecular formula is C20H19F7O3. The minimum atomic E-state index is -4.66. The van der Waals surface area contributed by atoms with Gasteiger partial charge in [-0.15, -0.1) is 0 Å². The topological polar surface area (TPSA) is 38.7 Å². The van der Waals surface area contributed by atoms with Crippen LogP contribution >= 0.6 is 0 Å². The lowest BCUT2D eigenvalue weighted by Crippen LogP contribution is -2.26. The van der Waals surface area contributed by atoms with Crippen molar-refractivity contribution in [2.24, 2.45) is 0 Å². The van der Waals surface area contributed by atoms with Gasteiger partial charge in [-0.25, -0.2) is 22.0 Å². The van der Waals surface area contributed by atoms with Crippen LogP contribution in [-0.4, -0.2) is 11.4 Å². The van der Waals surface area contributed by atoms with Gasteiger partial charge in [0.1, 0.15) is 22.9 Å². The Bertz CT molecular complexity index is 843. The minimum absolute atomic E-state index is 0.104. The molecule has 0 bridgehead atoms. The van der Waals surface area contributed by atoms with Gasteiger partial charge in [-0.2, -0.15) is 8.78 Å². The van der Waals surface area contributed by atoms with Crippen molar-refractivity contribution in [3.05, 3.63) is 64.5 Å². The van der Waals surface area contributed by atoms with Gasteiger partial charge in [-0.3, -0.25) is 0 Å². The summed E-state index contributed by atoms with van der Waals surface area (Å²) in [5.41, 5.74) is -1.90. The third-order valence-corrected chi connectivity index (χ3v) is 4.17. The number of hydrogen-bond acceptors (Lipinski definition) is 3. The van der Waals surface area contributed by atoms with Gasteiger partial charge in [0.25, 0.3) is 0 Å². The SMILES string of the molecule is CC.OC1CCCC(c2cc(F)c(C(F)(F)Oc3cc(F)c(F)c(F)c3)c(F)c2)O1. The van der Waals surface area contributed by atoms with Crippen molar-refractivity contribution in [3.63, 3.8) is 0 Å². The van der Waals surface area contributed by atoms with Crippen molar-refractivity contribution in [2.45, 2.75) is 51.6 Å². The zero-order valence-corrected chi connectivity index (χ0v) is 16.0. The van der Waals surface area contributed by atoms with Gasteiger partial charge in [0.15, 0.2) is 23.7 Å². The Hall–Kier alpha value is -2.33. The first-order valence-corrected chi connectivity index (χ1v) is 9.13. The maximum Gasteiger partial charge on any atom is 0.432 e. The van der Waals surface area contributed by atoms with Gasteiger partial charge in [-0.1, -0.05) is 13.8 Å². The van der Waals surface area contributed by atoms with Crippen molar-refractivity contribution >= 4 is 0 Å². The van der Waals surface area contributed by atoms with E-state index < -0.39 is 58.9 Å². The average molecular weight is 440 g/mol. The van der Waals surface area contributed by atoms with Crippen LogP contribution in [0.3, 0.4) is 0 Å². The maximum absolute atomic E-state index is 14.3. The quantitative estimate of drug-likeness (QED) is 0.462. The molecule has 2 atom stereocenters. The molecule has 1 heterocycles. The summed E-state index contributed by atoms with van der Waals surface area (Å²) in [6.45, 7) is 4.00. The number of halogens is 7. The predicted molar refractivity (Wildman–Crippen MR) is 92.2 cm³/mol. The van der Waals surface area contributed by atoms with E-state index in [-0.39, 0.29) is 17.7 Å². The fourth-order valence-electron chi connectivity index (χ4n) is 2.90. The largest absolute Gasteiger partial charge is 0.432 e. The summed E-state index contributed by atoms with van der Waals surface area (Å²) in [6, 6.07) is 1.44. The number of alkyl halides is 2. The van der Waals surface area contributed by atoms with E-state index in [4.69, 9.17) is 4.74 Å². The number of aliphatic hydroxyl groups excluding tert-OH is 1. The van der Waals surface area contributed by atoms with Gasteiger partial charge in [0, 0.05) is 12.1 Å². The maximum atomic E-state index is 14.3. The molecule has 1 fully saturated rings. The zero-order valence-electron chi connectivity index (χ0n) is 16.0. The molecule has 0 amide bonds. The molecule has 3 nitrogen and oxygen atoms in total. The van der Waals surface area contributed by atoms with Gasteiger partial charge < -0.3 is 14.6 Å². The highest BCUT2D eigenvalue weighted by Crippen LogP contribution is 2.38. The molecule has 1 saturated heterocycles. The molecule has 1 N–H and O–H groups in total. The van der Waals surface area contributed by atoms with Crippen LogP contribution in [0.2, 0.25) is 0 Å². The van der Waals surface area contributed by atoms with E-state index in [1.54, 1.807) is 0 Å². The van der Waals surface area contributed by atoms with Crippen LogP contribution < -0.4 is 4.74 Å². The second-order valence-electron chi connectivity index (χ2n) is 6.19. The molecule has 0 aromatic heterocycles. The van der Waals surface area contributed by atoms with Crippen molar-refractivity contribution in [2.75, 3.05) is 0 Å². The van der Waals surface area contributed by atoms with Crippen LogP contribution in [0.25, 0.3) is 0 Å². The standard InChI is InChI=1S/C18H13F7O3.C2H6/c19-10-4-8(14-2-1-3-15(26)27-14)5-11(20)16(10)18(24,25)28-9-6-12(21)17(23)13(22)7-9;1-2/h4-7,14-15,26H,1-3H2;1-2H3. The third-order valence-electron chi connectivity index (χ3n) is 4.17. The Morgan fingerprint density at radius 3 is 1.93 bits per heavy atom. The molecule has 2 aromatic rings. The summed E-state index contributed by atoms with van der Waals surface area (Å²) in [5.74, 6) is -10.1. The van der Waals surface area contributed by atoms with Crippen LogP contribution in [0.15, 0.2) is 24.3 Å². The minimum Gasteiger partial charge on any atom is -0.429 e. The lowest BCUT2D eigenvalue weighted by Gasteiger charge is -2.27. The zero-order chi connectivity index (χ0) is 22.6. The predicted octanol–water partition coefficient (Wildman–Crippen LogP) is 6.10. The Labute approximate surface area is 168 Å². The second kappa shape index (κ2) is 9.65. The molecule has 1 aliphatic rings. The molecule has 0 radical (unpaired) electrons. The lowest BCUT2D eigenvalue weighted by molar-refractivity contribution is -0.190. The second-order valence-corrected chi connectivity index (χ2v) is 6.19. The summed E-state index contributed by atoms with van der Waals surface area (Å²) in [4.78, 5) is 0. The summed E-state index contributed by atoms with van der Waals surface area (Å²) in [7, 11) is 0. The van der Waals surface area contributed by atoms with Gasteiger partial charge in [0.05, 0.1) is 6.10 Å². The number of rotatable bonds is 4. The number of hydrogen-bond donors (Lipinski definition) is 1. The van der Waals surface area contributed by atoms with Crippen LogP contribution in [0.1, 0.15) is 50.3 Å². The first-order chi connectivity index (χ1) is 14.1. The number of benzene rings is 2. The van der Waals surface area contributed by atoms with Crippen LogP contribution in [-0.2, 0) is 10.8 Å². The van der Waals surface area contributed by atoms with Gasteiger partial charge in [-0.05, 0) is 37.0 Å². The molecule has 10 heteroatoms. The Morgan fingerprint density at radius 2 is 1.43 bits per heavy atom. The molecule has 2 unspecified atom stereocenters.